The summed E-state index contributed by atoms with van der Waals surface area (Å²) in [6.45, 7) is 2.09. The lowest BCUT2D eigenvalue weighted by Crippen LogP contribution is -2.29. The Morgan fingerprint density at radius 3 is 2.95 bits per heavy atom. The summed E-state index contributed by atoms with van der Waals surface area (Å²) in [6, 6.07) is 5.97. The number of aromatic nitrogens is 2. The third kappa shape index (κ3) is 2.97. The van der Waals surface area contributed by atoms with Gasteiger partial charge in [-0.15, -0.1) is 11.6 Å². The van der Waals surface area contributed by atoms with E-state index in [1.165, 1.54) is 0 Å². The van der Waals surface area contributed by atoms with Gasteiger partial charge in [-0.3, -0.25) is 4.79 Å². The lowest BCUT2D eigenvalue weighted by atomic mass is 10.3. The van der Waals surface area contributed by atoms with Crippen molar-refractivity contribution in [2.24, 2.45) is 0 Å². The van der Waals surface area contributed by atoms with E-state index in [1.54, 1.807) is 7.11 Å². The van der Waals surface area contributed by atoms with Gasteiger partial charge < -0.3 is 14.6 Å². The number of nitrogens with one attached hydrogen (secondary N) is 1. The van der Waals surface area contributed by atoms with Gasteiger partial charge in [0, 0.05) is 12.1 Å². The summed E-state index contributed by atoms with van der Waals surface area (Å²) >= 11 is 6.21. The van der Waals surface area contributed by atoms with Crippen molar-refractivity contribution < 1.29 is 9.53 Å². The third-order valence-electron chi connectivity index (χ3n) is 3.58. The van der Waals surface area contributed by atoms with Crippen LogP contribution in [0.4, 0.5) is 0 Å². The fraction of sp³-hybridized carbons (Fsp3) is 0.467. The molecule has 21 heavy (non-hydrogen) atoms. The number of rotatable bonds is 5. The maximum Gasteiger partial charge on any atom is 0.240 e. The van der Waals surface area contributed by atoms with Crippen LogP contribution in [-0.4, -0.2) is 28.6 Å². The van der Waals surface area contributed by atoms with Gasteiger partial charge in [-0.05, 0) is 31.9 Å². The Balaban J connectivity index is 1.98. The molecule has 1 aromatic carbocycles. The number of methoxy groups -OCH3 is 1. The molecule has 0 bridgehead atoms. The standard InChI is InChI=1S/C15H18ClN3O2/c1-9(16)15-18-12-6-5-11(21-2)7-13(12)19(15)8-14(20)17-10-3-4-10/h5-7,9-10H,3-4,8H2,1-2H3,(H,17,20). The van der Waals surface area contributed by atoms with E-state index >= 15 is 0 Å². The van der Waals surface area contributed by atoms with Crippen molar-refractivity contribution in [1.29, 1.82) is 0 Å². The Hall–Kier alpha value is -1.75. The van der Waals surface area contributed by atoms with Gasteiger partial charge in [0.2, 0.25) is 5.91 Å². The molecule has 2 aromatic rings. The minimum atomic E-state index is -0.267. The number of alkyl halides is 1. The Bertz CT molecular complexity index is 677. The SMILES string of the molecule is COc1ccc2nc(C(C)Cl)n(CC(=O)NC3CC3)c2c1. The summed E-state index contributed by atoms with van der Waals surface area (Å²) < 4.78 is 7.12. The molecule has 1 N–H and O–H groups in total. The second-order valence-corrected chi connectivity index (χ2v) is 6.02. The van der Waals surface area contributed by atoms with Gasteiger partial charge in [-0.2, -0.15) is 0 Å². The zero-order chi connectivity index (χ0) is 15.0. The van der Waals surface area contributed by atoms with Crippen molar-refractivity contribution in [3.63, 3.8) is 0 Å². The van der Waals surface area contributed by atoms with Gasteiger partial charge in [0.05, 0.1) is 23.5 Å². The molecule has 1 aromatic heterocycles. The molecule has 1 heterocycles. The van der Waals surface area contributed by atoms with Gasteiger partial charge in [0.15, 0.2) is 0 Å². The van der Waals surface area contributed by atoms with Gasteiger partial charge >= 0.3 is 0 Å². The summed E-state index contributed by atoms with van der Waals surface area (Å²) in [7, 11) is 1.62. The van der Waals surface area contributed by atoms with Crippen LogP contribution in [-0.2, 0) is 11.3 Å². The molecule has 1 fully saturated rings. The number of ether oxygens (including phenoxy) is 1. The average molecular weight is 308 g/mol. The topological polar surface area (TPSA) is 56.2 Å². The normalized spacial score (nSPS) is 16.0. The molecule has 3 rings (SSSR count). The van der Waals surface area contributed by atoms with Crippen LogP contribution in [0, 0.1) is 0 Å². The smallest absolute Gasteiger partial charge is 0.240 e. The van der Waals surface area contributed by atoms with Gasteiger partial charge in [0.25, 0.3) is 0 Å². The van der Waals surface area contributed by atoms with Crippen LogP contribution >= 0.6 is 11.6 Å². The van der Waals surface area contributed by atoms with Crippen molar-refractivity contribution in [3.8, 4) is 5.75 Å². The Labute approximate surface area is 128 Å². The number of halogens is 1. The summed E-state index contributed by atoms with van der Waals surface area (Å²) in [6.07, 6.45) is 2.14. The number of carbonyl (C=O) groups excluding carboxylic acids is 1. The van der Waals surface area contributed by atoms with Crippen LogP contribution in [0.2, 0.25) is 0 Å². The molecule has 1 amide bonds. The monoisotopic (exact) mass is 307 g/mol. The van der Waals surface area contributed by atoms with Crippen molar-refractivity contribution in [3.05, 3.63) is 24.0 Å². The fourth-order valence-electron chi connectivity index (χ4n) is 2.36. The molecule has 0 radical (unpaired) electrons. The van der Waals surface area contributed by atoms with Crippen LogP contribution in [0.15, 0.2) is 18.2 Å². The summed E-state index contributed by atoms with van der Waals surface area (Å²) in [4.78, 5) is 16.6. The van der Waals surface area contributed by atoms with E-state index < -0.39 is 0 Å². The molecule has 5 nitrogen and oxygen atoms in total. The molecule has 1 atom stereocenters. The molecule has 0 spiro atoms. The number of hydrogen-bond acceptors (Lipinski definition) is 3. The Kier molecular flexibility index (Phi) is 3.76. The highest BCUT2D eigenvalue weighted by molar-refractivity contribution is 6.20. The fourth-order valence-corrected chi connectivity index (χ4v) is 2.53. The quantitative estimate of drug-likeness (QED) is 0.864. The minimum absolute atomic E-state index is 0.00168. The molecule has 1 aliphatic carbocycles. The summed E-state index contributed by atoms with van der Waals surface area (Å²) in [5, 5.41) is 2.72. The van der Waals surface area contributed by atoms with E-state index in [1.807, 2.05) is 29.7 Å². The van der Waals surface area contributed by atoms with Crippen LogP contribution in [0.5, 0.6) is 5.75 Å². The number of fused-ring (bicyclic) bond motifs is 1. The van der Waals surface area contributed by atoms with Gasteiger partial charge in [0.1, 0.15) is 18.1 Å². The molecule has 1 saturated carbocycles. The molecule has 0 aliphatic heterocycles. The predicted molar refractivity (Wildman–Crippen MR) is 81.7 cm³/mol. The zero-order valence-electron chi connectivity index (χ0n) is 12.1. The van der Waals surface area contributed by atoms with Gasteiger partial charge in [-0.25, -0.2) is 4.98 Å². The highest BCUT2D eigenvalue weighted by Crippen LogP contribution is 2.27. The van der Waals surface area contributed by atoms with E-state index in [4.69, 9.17) is 16.3 Å². The first-order valence-electron chi connectivity index (χ1n) is 7.06. The van der Waals surface area contributed by atoms with Gasteiger partial charge in [-0.1, -0.05) is 0 Å². The molecular weight excluding hydrogens is 290 g/mol. The second-order valence-electron chi connectivity index (χ2n) is 5.37. The van der Waals surface area contributed by atoms with E-state index in [2.05, 4.69) is 10.3 Å². The van der Waals surface area contributed by atoms with Crippen LogP contribution in [0.1, 0.15) is 31.0 Å². The Morgan fingerprint density at radius 1 is 1.57 bits per heavy atom. The molecule has 1 unspecified atom stereocenters. The summed E-state index contributed by atoms with van der Waals surface area (Å²) in [5.74, 6) is 1.43. The largest absolute Gasteiger partial charge is 0.497 e. The van der Waals surface area contributed by atoms with Crippen molar-refractivity contribution >= 4 is 28.5 Å². The van der Waals surface area contributed by atoms with Crippen LogP contribution in [0.3, 0.4) is 0 Å². The highest BCUT2D eigenvalue weighted by atomic mass is 35.5. The molecular formula is C15H18ClN3O2. The van der Waals surface area contributed by atoms with E-state index in [0.717, 1.165) is 29.6 Å². The molecule has 1 aliphatic rings. The van der Waals surface area contributed by atoms with Crippen LogP contribution < -0.4 is 10.1 Å². The number of hydrogen-bond donors (Lipinski definition) is 1. The molecule has 112 valence electrons. The number of carbonyl (C=O) groups is 1. The van der Waals surface area contributed by atoms with Crippen molar-refractivity contribution in [2.45, 2.75) is 37.7 Å². The maximum atomic E-state index is 12.1. The first kappa shape index (κ1) is 14.2. The molecule has 0 saturated heterocycles. The average Bonchev–Trinajstić information content (AvgIpc) is 3.19. The van der Waals surface area contributed by atoms with E-state index in [9.17, 15) is 4.79 Å². The first-order valence-corrected chi connectivity index (χ1v) is 7.49. The number of nitrogens with zero attached hydrogens (tertiary/aromatic N) is 2. The van der Waals surface area contributed by atoms with Crippen molar-refractivity contribution in [2.75, 3.05) is 7.11 Å². The highest BCUT2D eigenvalue weighted by Gasteiger charge is 2.24. The maximum absolute atomic E-state index is 12.1. The number of benzene rings is 1. The Morgan fingerprint density at radius 2 is 2.33 bits per heavy atom. The predicted octanol–water partition coefficient (Wildman–Crippen LogP) is 2.62. The third-order valence-corrected chi connectivity index (χ3v) is 3.78. The van der Waals surface area contributed by atoms with Crippen LogP contribution in [0.25, 0.3) is 11.0 Å². The number of amides is 1. The number of imidazole rings is 1. The first-order chi connectivity index (χ1) is 10.1. The summed E-state index contributed by atoms with van der Waals surface area (Å²) in [5.41, 5.74) is 1.68. The minimum Gasteiger partial charge on any atom is -0.497 e. The lowest BCUT2D eigenvalue weighted by Gasteiger charge is -2.11. The zero-order valence-corrected chi connectivity index (χ0v) is 12.9. The second kappa shape index (κ2) is 5.56. The molecule has 6 heteroatoms. The van der Waals surface area contributed by atoms with Crippen molar-refractivity contribution in [1.82, 2.24) is 14.9 Å². The van der Waals surface area contributed by atoms with E-state index in [0.29, 0.717) is 11.9 Å². The lowest BCUT2D eigenvalue weighted by molar-refractivity contribution is -0.121. The van der Waals surface area contributed by atoms with E-state index in [-0.39, 0.29) is 17.8 Å².